The molecule has 0 heterocycles. The zero-order valence-corrected chi connectivity index (χ0v) is 21.8. The Morgan fingerprint density at radius 2 is 1.49 bits per heavy atom. The van der Waals surface area contributed by atoms with Crippen LogP contribution in [0.25, 0.3) is 0 Å². The van der Waals surface area contributed by atoms with Gasteiger partial charge in [-0.25, -0.2) is 10.2 Å². The number of ether oxygens (including phenoxy) is 2. The second-order valence-electron chi connectivity index (χ2n) is 8.43. The molecule has 0 saturated heterocycles. The van der Waals surface area contributed by atoms with Gasteiger partial charge in [0.2, 0.25) is 0 Å². The van der Waals surface area contributed by atoms with Crippen LogP contribution in [0.4, 0.5) is 11.4 Å². The van der Waals surface area contributed by atoms with Crippen LogP contribution in [-0.2, 0) is 0 Å². The average Bonchev–Trinajstić information content (AvgIpc) is 2.99. The molecule has 0 aliphatic carbocycles. The lowest BCUT2D eigenvalue weighted by Gasteiger charge is -2.11. The van der Waals surface area contributed by atoms with Crippen molar-refractivity contribution in [2.24, 2.45) is 5.10 Å². The number of non-ortho nitro benzene ring substituents is 1. The van der Waals surface area contributed by atoms with Gasteiger partial charge in [-0.1, -0.05) is 18.2 Å². The molecule has 2 amide bonds. The molecule has 0 unspecified atom stereocenters. The molecule has 11 nitrogen and oxygen atoms in total. The fourth-order valence-corrected chi connectivity index (χ4v) is 3.56. The summed E-state index contributed by atoms with van der Waals surface area (Å²) in [6.45, 7) is 2.06. The van der Waals surface area contributed by atoms with E-state index >= 15 is 0 Å². The van der Waals surface area contributed by atoms with Crippen molar-refractivity contribution >= 4 is 35.4 Å². The molecule has 0 aliphatic rings. The number of nitrogens with zero attached hydrogens (tertiary/aromatic N) is 2. The Bertz CT molecular complexity index is 1590. The minimum Gasteiger partial charge on any atom is -0.490 e. The number of nitrogens with one attached hydrogen (secondary N) is 2. The smallest absolute Gasteiger partial charge is 0.343 e. The first-order valence-electron chi connectivity index (χ1n) is 12.4. The Balaban J connectivity index is 1.36. The summed E-state index contributed by atoms with van der Waals surface area (Å²) in [5.74, 6) is -1.01. The largest absolute Gasteiger partial charge is 0.490 e. The quantitative estimate of drug-likeness (QED) is 0.0899. The second-order valence-corrected chi connectivity index (χ2v) is 8.43. The van der Waals surface area contributed by atoms with E-state index in [2.05, 4.69) is 15.8 Å². The number of nitro benzene ring substituents is 1. The highest BCUT2D eigenvalue weighted by Crippen LogP contribution is 2.29. The average molecular weight is 553 g/mol. The number of rotatable bonds is 10. The van der Waals surface area contributed by atoms with E-state index in [0.29, 0.717) is 29.0 Å². The first-order chi connectivity index (χ1) is 19.8. The van der Waals surface area contributed by atoms with Gasteiger partial charge < -0.3 is 14.8 Å². The molecular formula is C30H24N4O7. The number of hydrazone groups is 1. The monoisotopic (exact) mass is 552 g/mol. The molecule has 206 valence electrons. The van der Waals surface area contributed by atoms with Crippen LogP contribution in [0.1, 0.15) is 43.6 Å². The predicted octanol–water partition coefficient (Wildman–Crippen LogP) is 5.23. The summed E-state index contributed by atoms with van der Waals surface area (Å²) < 4.78 is 11.0. The van der Waals surface area contributed by atoms with Gasteiger partial charge in [0.05, 0.1) is 23.3 Å². The Morgan fingerprint density at radius 1 is 0.829 bits per heavy atom. The van der Waals surface area contributed by atoms with Crippen LogP contribution in [0.2, 0.25) is 0 Å². The summed E-state index contributed by atoms with van der Waals surface area (Å²) in [6, 6.07) is 24.9. The van der Waals surface area contributed by atoms with Crippen molar-refractivity contribution in [3.05, 3.63) is 129 Å². The van der Waals surface area contributed by atoms with E-state index in [1.807, 2.05) is 6.07 Å². The molecule has 11 heteroatoms. The second kappa shape index (κ2) is 13.3. The number of carbonyl (C=O) groups excluding carboxylic acids is 3. The molecule has 0 fully saturated rings. The Hall–Kier alpha value is -5.84. The number of anilines is 1. The van der Waals surface area contributed by atoms with Crippen molar-refractivity contribution in [3.8, 4) is 11.5 Å². The van der Waals surface area contributed by atoms with E-state index in [0.717, 1.165) is 0 Å². The van der Waals surface area contributed by atoms with Crippen molar-refractivity contribution in [1.82, 2.24) is 5.43 Å². The normalized spacial score (nSPS) is 10.6. The minimum absolute atomic E-state index is 0.137. The maximum absolute atomic E-state index is 12.5. The summed E-state index contributed by atoms with van der Waals surface area (Å²) in [6.07, 6.45) is 1.40. The maximum atomic E-state index is 12.5. The molecule has 4 aromatic carbocycles. The van der Waals surface area contributed by atoms with E-state index in [4.69, 9.17) is 9.47 Å². The Labute approximate surface area is 234 Å². The predicted molar refractivity (Wildman–Crippen MR) is 152 cm³/mol. The van der Waals surface area contributed by atoms with Crippen LogP contribution in [0, 0.1) is 10.1 Å². The van der Waals surface area contributed by atoms with Crippen molar-refractivity contribution in [1.29, 1.82) is 0 Å². The number of esters is 1. The fourth-order valence-electron chi connectivity index (χ4n) is 3.56. The first kappa shape index (κ1) is 28.2. The lowest BCUT2D eigenvalue weighted by atomic mass is 10.1. The highest BCUT2D eigenvalue weighted by molar-refractivity contribution is 6.04. The highest BCUT2D eigenvalue weighted by atomic mass is 16.6. The number of carbonyl (C=O) groups is 3. The first-order valence-corrected chi connectivity index (χ1v) is 12.4. The lowest BCUT2D eigenvalue weighted by molar-refractivity contribution is -0.384. The molecule has 4 rings (SSSR count). The van der Waals surface area contributed by atoms with E-state index in [1.165, 1.54) is 36.5 Å². The molecule has 0 saturated carbocycles. The van der Waals surface area contributed by atoms with Crippen LogP contribution >= 0.6 is 0 Å². The standard InChI is InChI=1S/C30H24N4O7/c1-2-40-27-18-20(8-17-26(27)41-30(37)23-11-15-25(16-12-23)34(38)39)19-31-33-29(36)22-9-13-24(14-10-22)32-28(35)21-6-4-3-5-7-21/h3-19H,2H2,1H3,(H,32,35)(H,33,36)/b31-19+. The number of benzene rings is 4. The topological polar surface area (TPSA) is 149 Å². The summed E-state index contributed by atoms with van der Waals surface area (Å²) in [4.78, 5) is 47.5. The number of hydrogen-bond acceptors (Lipinski definition) is 8. The molecule has 0 aromatic heterocycles. The maximum Gasteiger partial charge on any atom is 0.343 e. The molecule has 0 spiro atoms. The van der Waals surface area contributed by atoms with Crippen LogP contribution < -0.4 is 20.2 Å². The number of nitro groups is 1. The summed E-state index contributed by atoms with van der Waals surface area (Å²) in [5, 5.41) is 17.6. The lowest BCUT2D eigenvalue weighted by Crippen LogP contribution is -2.18. The summed E-state index contributed by atoms with van der Waals surface area (Å²) in [5.41, 5.74) is 4.38. The third-order valence-electron chi connectivity index (χ3n) is 5.60. The van der Waals surface area contributed by atoms with E-state index < -0.39 is 16.8 Å². The van der Waals surface area contributed by atoms with Gasteiger partial charge in [-0.2, -0.15) is 5.10 Å². The van der Waals surface area contributed by atoms with Crippen LogP contribution in [0.15, 0.2) is 102 Å². The van der Waals surface area contributed by atoms with E-state index in [9.17, 15) is 24.5 Å². The Kier molecular flexibility index (Phi) is 9.13. The molecule has 4 aromatic rings. The molecule has 0 bridgehead atoms. The van der Waals surface area contributed by atoms with E-state index in [1.54, 1.807) is 67.6 Å². The number of hydrogen-bond donors (Lipinski definition) is 2. The van der Waals surface area contributed by atoms with Gasteiger partial charge in [0, 0.05) is 28.9 Å². The van der Waals surface area contributed by atoms with Crippen LogP contribution in [0.3, 0.4) is 0 Å². The molecular weight excluding hydrogens is 528 g/mol. The molecule has 0 aliphatic heterocycles. The Morgan fingerprint density at radius 3 is 2.15 bits per heavy atom. The summed E-state index contributed by atoms with van der Waals surface area (Å²) in [7, 11) is 0. The molecule has 41 heavy (non-hydrogen) atoms. The third kappa shape index (κ3) is 7.60. The van der Waals surface area contributed by atoms with Gasteiger partial charge in [0.1, 0.15) is 0 Å². The molecule has 2 N–H and O–H groups in total. The molecule has 0 atom stereocenters. The molecule has 0 radical (unpaired) electrons. The zero-order valence-electron chi connectivity index (χ0n) is 21.8. The summed E-state index contributed by atoms with van der Waals surface area (Å²) >= 11 is 0. The van der Waals surface area contributed by atoms with E-state index in [-0.39, 0.29) is 28.7 Å². The highest BCUT2D eigenvalue weighted by Gasteiger charge is 2.15. The van der Waals surface area contributed by atoms with Crippen molar-refractivity contribution in [2.45, 2.75) is 6.92 Å². The van der Waals surface area contributed by atoms with Gasteiger partial charge in [0.25, 0.3) is 17.5 Å². The van der Waals surface area contributed by atoms with Gasteiger partial charge in [-0.05, 0) is 79.2 Å². The zero-order chi connectivity index (χ0) is 29.2. The van der Waals surface area contributed by atoms with Gasteiger partial charge in [0.15, 0.2) is 11.5 Å². The van der Waals surface area contributed by atoms with Gasteiger partial charge in [-0.15, -0.1) is 0 Å². The van der Waals surface area contributed by atoms with Crippen molar-refractivity contribution in [3.63, 3.8) is 0 Å². The minimum atomic E-state index is -0.708. The fraction of sp³-hybridized carbons (Fsp3) is 0.0667. The van der Waals surface area contributed by atoms with Crippen molar-refractivity contribution < 1.29 is 28.8 Å². The van der Waals surface area contributed by atoms with Crippen LogP contribution in [-0.4, -0.2) is 35.5 Å². The SMILES string of the molecule is CCOc1cc(/C=N/NC(=O)c2ccc(NC(=O)c3ccccc3)cc2)ccc1OC(=O)c1ccc([N+](=O)[O-])cc1. The van der Waals surface area contributed by atoms with Gasteiger partial charge in [-0.3, -0.25) is 19.7 Å². The van der Waals surface area contributed by atoms with Gasteiger partial charge >= 0.3 is 5.97 Å². The number of amides is 2. The third-order valence-corrected chi connectivity index (χ3v) is 5.60. The van der Waals surface area contributed by atoms with Crippen LogP contribution in [0.5, 0.6) is 11.5 Å². The van der Waals surface area contributed by atoms with Crippen molar-refractivity contribution in [2.75, 3.05) is 11.9 Å².